The summed E-state index contributed by atoms with van der Waals surface area (Å²) in [6, 6.07) is 3.63. The van der Waals surface area contributed by atoms with Gasteiger partial charge in [0.05, 0.1) is 11.4 Å². The number of nitrogens with zero attached hydrogens (tertiary/aromatic N) is 2. The number of carbonyl (C=O) groups is 1. The minimum Gasteiger partial charge on any atom is -0.443 e. The van der Waals surface area contributed by atoms with Crippen LogP contribution in [0.2, 0.25) is 0 Å². The predicted octanol–water partition coefficient (Wildman–Crippen LogP) is 2.76. The lowest BCUT2D eigenvalue weighted by atomic mass is 10.2. The van der Waals surface area contributed by atoms with E-state index in [1.165, 1.54) is 4.90 Å². The minimum absolute atomic E-state index is 0.372. The SMILES string of the molecule is Cc1ncccc1N(C)C(=O)OC(C)(C)C. The van der Waals surface area contributed by atoms with Gasteiger partial charge in [0.1, 0.15) is 5.60 Å². The highest BCUT2D eigenvalue weighted by Crippen LogP contribution is 2.18. The summed E-state index contributed by atoms with van der Waals surface area (Å²) < 4.78 is 5.27. The van der Waals surface area contributed by atoms with Crippen LogP contribution in [0.4, 0.5) is 10.5 Å². The molecular formula is C12H18N2O2. The molecule has 1 amide bonds. The maximum Gasteiger partial charge on any atom is 0.414 e. The quantitative estimate of drug-likeness (QED) is 0.733. The molecular weight excluding hydrogens is 204 g/mol. The molecule has 4 nitrogen and oxygen atoms in total. The Morgan fingerprint density at radius 2 is 2.06 bits per heavy atom. The molecule has 88 valence electrons. The monoisotopic (exact) mass is 222 g/mol. The number of rotatable bonds is 1. The summed E-state index contributed by atoms with van der Waals surface area (Å²) in [5.74, 6) is 0. The first-order chi connectivity index (χ1) is 7.31. The number of ether oxygens (including phenoxy) is 1. The molecule has 0 radical (unpaired) electrons. The van der Waals surface area contributed by atoms with Gasteiger partial charge in [-0.05, 0) is 39.8 Å². The first-order valence-corrected chi connectivity index (χ1v) is 5.19. The van der Waals surface area contributed by atoms with Crippen molar-refractivity contribution in [1.82, 2.24) is 4.98 Å². The number of anilines is 1. The summed E-state index contributed by atoms with van der Waals surface area (Å²) in [4.78, 5) is 17.4. The van der Waals surface area contributed by atoms with Crippen molar-refractivity contribution in [3.05, 3.63) is 24.0 Å². The second kappa shape index (κ2) is 4.51. The Bertz CT molecular complexity index is 383. The highest BCUT2D eigenvalue weighted by molar-refractivity contribution is 5.87. The van der Waals surface area contributed by atoms with Crippen LogP contribution in [0.1, 0.15) is 26.5 Å². The summed E-state index contributed by atoms with van der Waals surface area (Å²) in [6.45, 7) is 7.38. The van der Waals surface area contributed by atoms with Gasteiger partial charge in [0.15, 0.2) is 0 Å². The summed E-state index contributed by atoms with van der Waals surface area (Å²) in [5.41, 5.74) is 1.08. The van der Waals surface area contributed by atoms with Gasteiger partial charge in [0.2, 0.25) is 0 Å². The van der Waals surface area contributed by atoms with Crippen molar-refractivity contribution in [2.24, 2.45) is 0 Å². The number of carbonyl (C=O) groups excluding carboxylic acids is 1. The van der Waals surface area contributed by atoms with Crippen LogP contribution in [0.15, 0.2) is 18.3 Å². The Hall–Kier alpha value is -1.58. The highest BCUT2D eigenvalue weighted by Gasteiger charge is 2.21. The van der Waals surface area contributed by atoms with Gasteiger partial charge >= 0.3 is 6.09 Å². The van der Waals surface area contributed by atoms with Crippen LogP contribution in [-0.2, 0) is 4.74 Å². The molecule has 0 saturated carbocycles. The number of amides is 1. The fourth-order valence-corrected chi connectivity index (χ4v) is 1.26. The average Bonchev–Trinajstić information content (AvgIpc) is 2.15. The van der Waals surface area contributed by atoms with E-state index in [1.54, 1.807) is 19.3 Å². The Labute approximate surface area is 96.2 Å². The minimum atomic E-state index is -0.485. The zero-order valence-corrected chi connectivity index (χ0v) is 10.4. The van der Waals surface area contributed by atoms with Crippen LogP contribution in [0.3, 0.4) is 0 Å². The van der Waals surface area contributed by atoms with Crippen molar-refractivity contribution in [2.45, 2.75) is 33.3 Å². The Kier molecular flexibility index (Phi) is 3.52. The molecule has 0 spiro atoms. The molecule has 0 aliphatic heterocycles. The second-order valence-electron chi connectivity index (χ2n) is 4.65. The van der Waals surface area contributed by atoms with Crippen molar-refractivity contribution in [3.63, 3.8) is 0 Å². The maximum absolute atomic E-state index is 11.8. The molecule has 1 aromatic rings. The van der Waals surface area contributed by atoms with Gasteiger partial charge in [-0.25, -0.2) is 4.79 Å². The van der Waals surface area contributed by atoms with E-state index < -0.39 is 5.60 Å². The Morgan fingerprint density at radius 3 is 2.56 bits per heavy atom. The van der Waals surface area contributed by atoms with E-state index in [9.17, 15) is 4.79 Å². The lowest BCUT2D eigenvalue weighted by molar-refractivity contribution is 0.0589. The molecule has 0 atom stereocenters. The zero-order chi connectivity index (χ0) is 12.3. The van der Waals surface area contributed by atoms with Gasteiger partial charge < -0.3 is 4.74 Å². The van der Waals surface area contributed by atoms with Gasteiger partial charge in [0.25, 0.3) is 0 Å². The van der Waals surface area contributed by atoms with Crippen molar-refractivity contribution in [1.29, 1.82) is 0 Å². The van der Waals surface area contributed by atoms with Crippen LogP contribution < -0.4 is 4.90 Å². The second-order valence-corrected chi connectivity index (χ2v) is 4.65. The van der Waals surface area contributed by atoms with E-state index in [1.807, 2.05) is 33.8 Å². The van der Waals surface area contributed by atoms with Crippen molar-refractivity contribution < 1.29 is 9.53 Å². The van der Waals surface area contributed by atoms with Gasteiger partial charge in [-0.3, -0.25) is 9.88 Å². The third-order valence-electron chi connectivity index (χ3n) is 2.01. The molecule has 1 heterocycles. The number of pyridine rings is 1. The normalized spacial score (nSPS) is 11.1. The molecule has 0 N–H and O–H groups in total. The number of hydrogen-bond acceptors (Lipinski definition) is 3. The summed E-state index contributed by atoms with van der Waals surface area (Å²) in [5, 5.41) is 0. The fraction of sp³-hybridized carbons (Fsp3) is 0.500. The van der Waals surface area contributed by atoms with Crippen molar-refractivity contribution in [2.75, 3.05) is 11.9 Å². The molecule has 16 heavy (non-hydrogen) atoms. The Morgan fingerprint density at radius 1 is 1.44 bits per heavy atom. The topological polar surface area (TPSA) is 42.4 Å². The third-order valence-corrected chi connectivity index (χ3v) is 2.01. The molecule has 0 bridgehead atoms. The molecule has 0 unspecified atom stereocenters. The molecule has 0 aliphatic rings. The molecule has 0 aromatic carbocycles. The molecule has 1 rings (SSSR count). The van der Waals surface area contributed by atoms with Gasteiger partial charge in [-0.1, -0.05) is 0 Å². The summed E-state index contributed by atoms with van der Waals surface area (Å²) in [7, 11) is 1.68. The van der Waals surface area contributed by atoms with Gasteiger partial charge in [-0.2, -0.15) is 0 Å². The highest BCUT2D eigenvalue weighted by atomic mass is 16.6. The fourth-order valence-electron chi connectivity index (χ4n) is 1.26. The first-order valence-electron chi connectivity index (χ1n) is 5.19. The van der Waals surface area contributed by atoms with E-state index in [2.05, 4.69) is 4.98 Å². The van der Waals surface area contributed by atoms with E-state index >= 15 is 0 Å². The van der Waals surface area contributed by atoms with E-state index in [-0.39, 0.29) is 6.09 Å². The van der Waals surface area contributed by atoms with Crippen molar-refractivity contribution >= 4 is 11.8 Å². The molecule has 4 heteroatoms. The van der Waals surface area contributed by atoms with Gasteiger partial charge in [0, 0.05) is 13.2 Å². The molecule has 0 aliphatic carbocycles. The number of aromatic nitrogens is 1. The van der Waals surface area contributed by atoms with E-state index in [4.69, 9.17) is 4.74 Å². The van der Waals surface area contributed by atoms with Crippen molar-refractivity contribution in [3.8, 4) is 0 Å². The lowest BCUT2D eigenvalue weighted by Gasteiger charge is -2.25. The largest absolute Gasteiger partial charge is 0.443 e. The molecule has 0 saturated heterocycles. The molecule has 0 fully saturated rings. The first kappa shape index (κ1) is 12.5. The summed E-state index contributed by atoms with van der Waals surface area (Å²) in [6.07, 6.45) is 1.32. The van der Waals surface area contributed by atoms with Crippen LogP contribution in [-0.4, -0.2) is 23.7 Å². The van der Waals surface area contributed by atoms with Crippen LogP contribution >= 0.6 is 0 Å². The zero-order valence-electron chi connectivity index (χ0n) is 10.4. The third kappa shape index (κ3) is 3.22. The smallest absolute Gasteiger partial charge is 0.414 e. The Balaban J connectivity index is 2.83. The molecule has 1 aromatic heterocycles. The number of aryl methyl sites for hydroxylation is 1. The standard InChI is InChI=1S/C12H18N2O2/c1-9-10(7-6-8-13-9)14(5)11(15)16-12(2,3)4/h6-8H,1-5H3. The van der Waals surface area contributed by atoms with Crippen LogP contribution in [0.25, 0.3) is 0 Å². The lowest BCUT2D eigenvalue weighted by Crippen LogP contribution is -2.34. The summed E-state index contributed by atoms with van der Waals surface area (Å²) >= 11 is 0. The number of hydrogen-bond donors (Lipinski definition) is 0. The average molecular weight is 222 g/mol. The van der Waals surface area contributed by atoms with Gasteiger partial charge in [-0.15, -0.1) is 0 Å². The van der Waals surface area contributed by atoms with E-state index in [0.29, 0.717) is 0 Å². The van der Waals surface area contributed by atoms with Crippen LogP contribution in [0.5, 0.6) is 0 Å². The predicted molar refractivity (Wildman–Crippen MR) is 63.6 cm³/mol. The van der Waals surface area contributed by atoms with E-state index in [0.717, 1.165) is 11.4 Å². The van der Waals surface area contributed by atoms with Crippen LogP contribution in [0, 0.1) is 6.92 Å². The maximum atomic E-state index is 11.8.